The third kappa shape index (κ3) is 3.09. The van der Waals surface area contributed by atoms with Crippen LogP contribution in [-0.2, 0) is 12.8 Å². The van der Waals surface area contributed by atoms with Gasteiger partial charge in [-0.05, 0) is 30.0 Å². The van der Waals surface area contributed by atoms with Crippen LogP contribution in [0.25, 0.3) is 0 Å². The number of hydrogen-bond donors (Lipinski definition) is 2. The molecule has 0 amide bonds. The highest BCUT2D eigenvalue weighted by atomic mass is 16.4. The maximum atomic E-state index is 11.1. The first-order chi connectivity index (χ1) is 8.51. The lowest BCUT2D eigenvalue weighted by molar-refractivity contribution is 0.0695. The molecule has 0 radical (unpaired) electrons. The number of hydrogen-bond acceptors (Lipinski definition) is 2. The molecule has 0 aliphatic rings. The van der Waals surface area contributed by atoms with Gasteiger partial charge >= 0.3 is 11.9 Å². The van der Waals surface area contributed by atoms with Crippen molar-refractivity contribution in [1.29, 1.82) is 0 Å². The molecular weight excluding hydrogens is 232 g/mol. The first-order valence-electron chi connectivity index (χ1n) is 6.13. The van der Waals surface area contributed by atoms with E-state index >= 15 is 0 Å². The molecule has 0 spiro atoms. The lowest BCUT2D eigenvalue weighted by Crippen LogP contribution is -2.10. The zero-order valence-electron chi connectivity index (χ0n) is 10.7. The number of carbonyl (C=O) groups is 2. The van der Waals surface area contributed by atoms with Gasteiger partial charge in [-0.3, -0.25) is 0 Å². The van der Waals surface area contributed by atoms with E-state index < -0.39 is 11.9 Å². The fourth-order valence-corrected chi connectivity index (χ4v) is 2.05. The van der Waals surface area contributed by atoms with Gasteiger partial charge in [0.1, 0.15) is 0 Å². The van der Waals surface area contributed by atoms with E-state index in [-0.39, 0.29) is 11.1 Å². The van der Waals surface area contributed by atoms with Crippen LogP contribution < -0.4 is 0 Å². The van der Waals surface area contributed by atoms with Gasteiger partial charge in [-0.25, -0.2) is 9.59 Å². The molecule has 0 unspecified atom stereocenters. The van der Waals surface area contributed by atoms with Crippen LogP contribution in [0.4, 0.5) is 0 Å². The normalized spacial score (nSPS) is 10.3. The first-order valence-corrected chi connectivity index (χ1v) is 6.13. The minimum atomic E-state index is -1.07. The third-order valence-electron chi connectivity index (χ3n) is 2.83. The fourth-order valence-electron chi connectivity index (χ4n) is 2.05. The SMILES string of the molecule is CCCc1cc(CCC)c(C(=O)O)cc1C(=O)O. The minimum absolute atomic E-state index is 0.106. The van der Waals surface area contributed by atoms with Gasteiger partial charge in [0, 0.05) is 0 Å². The molecule has 2 N–H and O–H groups in total. The maximum absolute atomic E-state index is 11.1. The van der Waals surface area contributed by atoms with Crippen LogP contribution in [0.1, 0.15) is 58.5 Å². The van der Waals surface area contributed by atoms with E-state index in [0.717, 1.165) is 24.0 Å². The predicted octanol–water partition coefficient (Wildman–Crippen LogP) is 2.99. The van der Waals surface area contributed by atoms with E-state index in [2.05, 4.69) is 0 Å². The standard InChI is InChI=1S/C14H18O4/c1-3-5-9-7-10(6-4-2)12(14(17)18)8-11(9)13(15)16/h7-8H,3-6H2,1-2H3,(H,15,16)(H,17,18). The van der Waals surface area contributed by atoms with Gasteiger partial charge in [0.15, 0.2) is 0 Å². The summed E-state index contributed by atoms with van der Waals surface area (Å²) in [6.07, 6.45) is 2.97. The van der Waals surface area contributed by atoms with Gasteiger partial charge in [0.05, 0.1) is 11.1 Å². The van der Waals surface area contributed by atoms with Crippen molar-refractivity contribution in [3.05, 3.63) is 34.4 Å². The molecule has 1 aromatic carbocycles. The molecule has 98 valence electrons. The number of aryl methyl sites for hydroxylation is 2. The molecular formula is C14H18O4. The number of carboxylic acids is 2. The molecule has 0 saturated heterocycles. The van der Waals surface area contributed by atoms with Crippen LogP contribution in [0.15, 0.2) is 12.1 Å². The lowest BCUT2D eigenvalue weighted by atomic mass is 9.93. The molecule has 0 aliphatic heterocycles. The molecule has 0 heterocycles. The number of rotatable bonds is 6. The Hall–Kier alpha value is -1.84. The molecule has 0 saturated carbocycles. The quantitative estimate of drug-likeness (QED) is 0.813. The maximum Gasteiger partial charge on any atom is 0.335 e. The highest BCUT2D eigenvalue weighted by molar-refractivity contribution is 5.96. The summed E-state index contributed by atoms with van der Waals surface area (Å²) < 4.78 is 0. The summed E-state index contributed by atoms with van der Waals surface area (Å²) >= 11 is 0. The van der Waals surface area contributed by atoms with Crippen LogP contribution in [0.2, 0.25) is 0 Å². The van der Waals surface area contributed by atoms with Gasteiger partial charge in [0.2, 0.25) is 0 Å². The molecule has 0 aromatic heterocycles. The van der Waals surface area contributed by atoms with Crippen LogP contribution in [0, 0.1) is 0 Å². The predicted molar refractivity (Wildman–Crippen MR) is 68.4 cm³/mol. The first kappa shape index (κ1) is 14.2. The average molecular weight is 250 g/mol. The number of carboxylic acid groups (broad SMARTS) is 2. The van der Waals surface area contributed by atoms with Crippen molar-refractivity contribution in [2.24, 2.45) is 0 Å². The molecule has 1 rings (SSSR count). The Balaban J connectivity index is 3.39. The molecule has 18 heavy (non-hydrogen) atoms. The Morgan fingerprint density at radius 3 is 1.56 bits per heavy atom. The van der Waals surface area contributed by atoms with Crippen molar-refractivity contribution in [3.63, 3.8) is 0 Å². The molecule has 1 aromatic rings. The van der Waals surface area contributed by atoms with E-state index in [1.807, 2.05) is 13.8 Å². The van der Waals surface area contributed by atoms with Crippen molar-refractivity contribution in [2.45, 2.75) is 39.5 Å². The topological polar surface area (TPSA) is 74.6 Å². The minimum Gasteiger partial charge on any atom is -0.478 e. The second-order valence-electron chi connectivity index (χ2n) is 4.28. The number of benzene rings is 1. The van der Waals surface area contributed by atoms with Crippen molar-refractivity contribution < 1.29 is 19.8 Å². The highest BCUT2D eigenvalue weighted by Gasteiger charge is 2.17. The Morgan fingerprint density at radius 1 is 0.889 bits per heavy atom. The molecule has 0 bridgehead atoms. The molecule has 4 heteroatoms. The zero-order chi connectivity index (χ0) is 13.7. The summed E-state index contributed by atoms with van der Waals surface area (Å²) in [6, 6.07) is 3.03. The second kappa shape index (κ2) is 6.19. The third-order valence-corrected chi connectivity index (χ3v) is 2.83. The van der Waals surface area contributed by atoms with E-state index in [1.165, 1.54) is 6.07 Å². The summed E-state index contributed by atoms with van der Waals surface area (Å²) in [5, 5.41) is 18.3. The van der Waals surface area contributed by atoms with Gasteiger partial charge in [-0.15, -0.1) is 0 Å². The van der Waals surface area contributed by atoms with Crippen molar-refractivity contribution >= 4 is 11.9 Å². The van der Waals surface area contributed by atoms with Crippen LogP contribution in [0.5, 0.6) is 0 Å². The monoisotopic (exact) mass is 250 g/mol. The lowest BCUT2D eigenvalue weighted by Gasteiger charge is -2.11. The number of aromatic carboxylic acids is 2. The van der Waals surface area contributed by atoms with E-state index in [4.69, 9.17) is 10.2 Å². The van der Waals surface area contributed by atoms with E-state index in [0.29, 0.717) is 12.8 Å². The Labute approximate surface area is 106 Å². The highest BCUT2D eigenvalue weighted by Crippen LogP contribution is 2.20. The average Bonchev–Trinajstić information content (AvgIpc) is 2.29. The molecule has 0 atom stereocenters. The van der Waals surface area contributed by atoms with Crippen LogP contribution in [-0.4, -0.2) is 22.2 Å². The Kier molecular flexibility index (Phi) is 4.89. The summed E-state index contributed by atoms with van der Waals surface area (Å²) in [5.41, 5.74) is 1.65. The largest absolute Gasteiger partial charge is 0.478 e. The Bertz CT molecular complexity index is 424. The van der Waals surface area contributed by atoms with Crippen molar-refractivity contribution in [2.75, 3.05) is 0 Å². The van der Waals surface area contributed by atoms with E-state index in [1.54, 1.807) is 6.07 Å². The molecule has 0 aliphatic carbocycles. The van der Waals surface area contributed by atoms with E-state index in [9.17, 15) is 9.59 Å². The van der Waals surface area contributed by atoms with Crippen LogP contribution in [0.3, 0.4) is 0 Å². The summed E-state index contributed by atoms with van der Waals surface area (Å²) in [5.74, 6) is -2.13. The Morgan fingerprint density at radius 2 is 1.28 bits per heavy atom. The fraction of sp³-hybridized carbons (Fsp3) is 0.429. The molecule has 0 fully saturated rings. The van der Waals surface area contributed by atoms with Gasteiger partial charge in [-0.1, -0.05) is 32.8 Å². The zero-order valence-corrected chi connectivity index (χ0v) is 10.7. The smallest absolute Gasteiger partial charge is 0.335 e. The van der Waals surface area contributed by atoms with Crippen molar-refractivity contribution in [1.82, 2.24) is 0 Å². The van der Waals surface area contributed by atoms with Crippen molar-refractivity contribution in [3.8, 4) is 0 Å². The second-order valence-corrected chi connectivity index (χ2v) is 4.28. The molecule has 4 nitrogen and oxygen atoms in total. The summed E-state index contributed by atoms with van der Waals surface area (Å²) in [7, 11) is 0. The summed E-state index contributed by atoms with van der Waals surface area (Å²) in [4.78, 5) is 22.3. The van der Waals surface area contributed by atoms with Gasteiger partial charge in [0.25, 0.3) is 0 Å². The van der Waals surface area contributed by atoms with Gasteiger partial charge < -0.3 is 10.2 Å². The summed E-state index contributed by atoms with van der Waals surface area (Å²) in [6.45, 7) is 3.94. The van der Waals surface area contributed by atoms with Gasteiger partial charge in [-0.2, -0.15) is 0 Å². The van der Waals surface area contributed by atoms with Crippen LogP contribution >= 0.6 is 0 Å².